The molecule has 0 saturated heterocycles. The molecule has 6 heteroatoms. The number of benzene rings is 2. The van der Waals surface area contributed by atoms with Gasteiger partial charge in [-0.1, -0.05) is 19.9 Å². The molecule has 0 heterocycles. The molecule has 0 aliphatic carbocycles. The van der Waals surface area contributed by atoms with Gasteiger partial charge in [-0.2, -0.15) is 5.26 Å². The Morgan fingerprint density at radius 1 is 1.15 bits per heavy atom. The molecule has 1 N–H and O–H groups in total. The van der Waals surface area contributed by atoms with E-state index >= 15 is 0 Å². The molecule has 0 bridgehead atoms. The number of ether oxygens (including phenoxy) is 2. The highest BCUT2D eigenvalue weighted by Gasteiger charge is 2.11. The summed E-state index contributed by atoms with van der Waals surface area (Å²) < 4.78 is 10.6. The first-order valence-corrected chi connectivity index (χ1v) is 8.18. The maximum atomic E-state index is 12.1. The largest absolute Gasteiger partial charge is 0.493 e. The molecule has 2 aromatic rings. The number of esters is 1. The van der Waals surface area contributed by atoms with Crippen LogP contribution in [0.5, 0.6) is 5.75 Å². The Labute approximate surface area is 152 Å². The Morgan fingerprint density at radius 2 is 1.88 bits per heavy atom. The van der Waals surface area contributed by atoms with Gasteiger partial charge in [0.25, 0.3) is 5.91 Å². The molecule has 0 aliphatic heterocycles. The highest BCUT2D eigenvalue weighted by molar-refractivity contribution is 5.95. The molecule has 1 amide bonds. The molecule has 134 valence electrons. The zero-order valence-electron chi connectivity index (χ0n) is 14.7. The minimum atomic E-state index is -0.602. The molecule has 26 heavy (non-hydrogen) atoms. The van der Waals surface area contributed by atoms with Crippen molar-refractivity contribution in [3.8, 4) is 11.8 Å². The molecular weight excluding hydrogens is 332 g/mol. The van der Waals surface area contributed by atoms with Crippen LogP contribution in [0.1, 0.15) is 29.8 Å². The van der Waals surface area contributed by atoms with Crippen LogP contribution in [0.4, 0.5) is 5.69 Å². The van der Waals surface area contributed by atoms with Crippen molar-refractivity contribution in [3.05, 3.63) is 59.7 Å². The number of nitriles is 1. The first kappa shape index (κ1) is 19.0. The lowest BCUT2D eigenvalue weighted by Crippen LogP contribution is -2.21. The standard InChI is InChI=1S/C20H20N2O4/c1-14(2)12-25-18-5-3-4-16(10-18)20(24)26-13-19(23)22-17-8-6-15(11-21)7-9-17/h3-10,14H,12-13H2,1-2H3,(H,22,23). The second-order valence-corrected chi connectivity index (χ2v) is 6.05. The number of carbonyl (C=O) groups is 2. The highest BCUT2D eigenvalue weighted by Crippen LogP contribution is 2.15. The predicted octanol–water partition coefficient (Wildman–Crippen LogP) is 3.39. The number of anilines is 1. The summed E-state index contributed by atoms with van der Waals surface area (Å²) in [6.45, 7) is 4.20. The van der Waals surface area contributed by atoms with Crippen molar-refractivity contribution in [1.29, 1.82) is 5.26 Å². The van der Waals surface area contributed by atoms with Crippen LogP contribution in [0.25, 0.3) is 0 Å². The van der Waals surface area contributed by atoms with Gasteiger partial charge in [-0.15, -0.1) is 0 Å². The van der Waals surface area contributed by atoms with E-state index in [4.69, 9.17) is 14.7 Å². The molecule has 0 aromatic heterocycles. The lowest BCUT2D eigenvalue weighted by molar-refractivity contribution is -0.119. The third-order valence-corrected chi connectivity index (χ3v) is 3.29. The Balaban J connectivity index is 1.86. The van der Waals surface area contributed by atoms with Crippen molar-refractivity contribution in [2.24, 2.45) is 5.92 Å². The van der Waals surface area contributed by atoms with Crippen LogP contribution in [0.2, 0.25) is 0 Å². The van der Waals surface area contributed by atoms with Gasteiger partial charge in [0.05, 0.1) is 23.8 Å². The monoisotopic (exact) mass is 352 g/mol. The number of nitrogens with zero attached hydrogens (tertiary/aromatic N) is 1. The molecule has 0 saturated carbocycles. The molecule has 0 fully saturated rings. The van der Waals surface area contributed by atoms with E-state index in [0.717, 1.165) is 0 Å². The van der Waals surface area contributed by atoms with Crippen LogP contribution in [0, 0.1) is 17.2 Å². The quantitative estimate of drug-likeness (QED) is 0.772. The third kappa shape index (κ3) is 5.95. The maximum Gasteiger partial charge on any atom is 0.338 e. The van der Waals surface area contributed by atoms with Crippen molar-refractivity contribution in [2.75, 3.05) is 18.5 Å². The molecule has 0 atom stereocenters. The van der Waals surface area contributed by atoms with E-state index in [2.05, 4.69) is 5.32 Å². The number of nitrogens with one attached hydrogen (secondary N) is 1. The molecule has 6 nitrogen and oxygen atoms in total. The van der Waals surface area contributed by atoms with Crippen molar-refractivity contribution in [3.63, 3.8) is 0 Å². The lowest BCUT2D eigenvalue weighted by atomic mass is 10.2. The molecule has 2 rings (SSSR count). The second kappa shape index (κ2) is 9.23. The fourth-order valence-corrected chi connectivity index (χ4v) is 2.02. The number of hydrogen-bond acceptors (Lipinski definition) is 5. The Kier molecular flexibility index (Phi) is 6.75. The smallest absolute Gasteiger partial charge is 0.338 e. The van der Waals surface area contributed by atoms with E-state index in [9.17, 15) is 9.59 Å². The topological polar surface area (TPSA) is 88.4 Å². The maximum absolute atomic E-state index is 12.1. The van der Waals surface area contributed by atoms with E-state index in [1.54, 1.807) is 48.5 Å². The first-order chi connectivity index (χ1) is 12.5. The second-order valence-electron chi connectivity index (χ2n) is 6.05. The number of rotatable bonds is 7. The van der Waals surface area contributed by atoms with Gasteiger partial charge in [0, 0.05) is 5.69 Å². The van der Waals surface area contributed by atoms with Crippen LogP contribution in [0.3, 0.4) is 0 Å². The summed E-state index contributed by atoms with van der Waals surface area (Å²) in [6.07, 6.45) is 0. The highest BCUT2D eigenvalue weighted by atomic mass is 16.5. The molecular formula is C20H20N2O4. The van der Waals surface area contributed by atoms with Gasteiger partial charge in [0.1, 0.15) is 5.75 Å². The van der Waals surface area contributed by atoms with Crippen molar-refractivity contribution in [2.45, 2.75) is 13.8 Å². The van der Waals surface area contributed by atoms with E-state index in [-0.39, 0.29) is 0 Å². The Hall–Kier alpha value is -3.33. The molecule has 0 spiro atoms. The van der Waals surface area contributed by atoms with Crippen molar-refractivity contribution < 1.29 is 19.1 Å². The summed E-state index contributed by atoms with van der Waals surface area (Å²) in [4.78, 5) is 24.0. The van der Waals surface area contributed by atoms with Crippen LogP contribution in [-0.4, -0.2) is 25.1 Å². The van der Waals surface area contributed by atoms with Crippen LogP contribution in [0.15, 0.2) is 48.5 Å². The van der Waals surface area contributed by atoms with Gasteiger partial charge in [-0.05, 0) is 48.4 Å². The van der Waals surface area contributed by atoms with Gasteiger partial charge in [0.2, 0.25) is 0 Å². The van der Waals surface area contributed by atoms with Gasteiger partial charge >= 0.3 is 5.97 Å². The molecule has 0 radical (unpaired) electrons. The summed E-state index contributed by atoms with van der Waals surface area (Å²) in [6, 6.07) is 15.0. The minimum Gasteiger partial charge on any atom is -0.493 e. The lowest BCUT2D eigenvalue weighted by Gasteiger charge is -2.10. The number of carbonyl (C=O) groups excluding carboxylic acids is 2. The number of hydrogen-bond donors (Lipinski definition) is 1. The van der Waals surface area contributed by atoms with E-state index in [1.165, 1.54) is 0 Å². The normalized spacial score (nSPS) is 10.1. The summed E-state index contributed by atoms with van der Waals surface area (Å²) >= 11 is 0. The number of amides is 1. The zero-order chi connectivity index (χ0) is 18.9. The van der Waals surface area contributed by atoms with Gasteiger partial charge in [-0.3, -0.25) is 4.79 Å². The third-order valence-electron chi connectivity index (χ3n) is 3.29. The molecule has 2 aromatic carbocycles. The molecule has 0 aliphatic rings. The first-order valence-electron chi connectivity index (χ1n) is 8.18. The fourth-order valence-electron chi connectivity index (χ4n) is 2.02. The fraction of sp³-hybridized carbons (Fsp3) is 0.250. The summed E-state index contributed by atoms with van der Waals surface area (Å²) in [5.41, 5.74) is 1.33. The van der Waals surface area contributed by atoms with Gasteiger partial charge in [-0.25, -0.2) is 4.79 Å². The van der Waals surface area contributed by atoms with Gasteiger partial charge in [0.15, 0.2) is 6.61 Å². The zero-order valence-corrected chi connectivity index (χ0v) is 14.7. The summed E-state index contributed by atoms with van der Waals surface area (Å²) in [5.74, 6) is -0.114. The summed E-state index contributed by atoms with van der Waals surface area (Å²) in [5, 5.41) is 11.3. The minimum absolute atomic E-state index is 0.317. The van der Waals surface area contributed by atoms with E-state index in [1.807, 2.05) is 19.9 Å². The predicted molar refractivity (Wildman–Crippen MR) is 96.8 cm³/mol. The average Bonchev–Trinajstić information content (AvgIpc) is 2.65. The SMILES string of the molecule is CC(C)COc1cccc(C(=O)OCC(=O)Nc2ccc(C#N)cc2)c1. The average molecular weight is 352 g/mol. The van der Waals surface area contributed by atoms with E-state index in [0.29, 0.717) is 35.1 Å². The van der Waals surface area contributed by atoms with Crippen molar-refractivity contribution in [1.82, 2.24) is 0 Å². The Bertz CT molecular complexity index is 807. The van der Waals surface area contributed by atoms with Crippen LogP contribution >= 0.6 is 0 Å². The summed E-state index contributed by atoms with van der Waals surface area (Å²) in [7, 11) is 0. The molecule has 0 unspecified atom stereocenters. The van der Waals surface area contributed by atoms with Crippen LogP contribution in [-0.2, 0) is 9.53 Å². The Morgan fingerprint density at radius 3 is 2.54 bits per heavy atom. The van der Waals surface area contributed by atoms with Crippen LogP contribution < -0.4 is 10.1 Å². The van der Waals surface area contributed by atoms with E-state index < -0.39 is 18.5 Å². The van der Waals surface area contributed by atoms with Crippen molar-refractivity contribution >= 4 is 17.6 Å². The van der Waals surface area contributed by atoms with Gasteiger partial charge < -0.3 is 14.8 Å².